The van der Waals surface area contributed by atoms with Gasteiger partial charge in [-0.15, -0.1) is 11.3 Å². The molecule has 1 aromatic rings. The second kappa shape index (κ2) is 7.89. The number of amides is 1. The minimum Gasteiger partial charge on any atom is -0.481 e. The Labute approximate surface area is 117 Å². The normalized spacial score (nSPS) is 12.4. The van der Waals surface area contributed by atoms with Crippen LogP contribution in [-0.2, 0) is 4.79 Å². The average Bonchev–Trinajstić information content (AvgIpc) is 2.86. The number of nitrogens with zero attached hydrogens (tertiary/aromatic N) is 1. The fourth-order valence-electron chi connectivity index (χ4n) is 1.91. The van der Waals surface area contributed by atoms with E-state index in [1.54, 1.807) is 10.9 Å². The number of carboxylic acid groups (broad SMARTS) is 1. The van der Waals surface area contributed by atoms with E-state index in [0.29, 0.717) is 30.5 Å². The second-order valence-corrected chi connectivity index (χ2v) is 5.57. The zero-order valence-corrected chi connectivity index (χ0v) is 12.1. The molecule has 0 saturated heterocycles. The maximum absolute atomic E-state index is 11.7. The van der Waals surface area contributed by atoms with Gasteiger partial charge < -0.3 is 10.4 Å². The van der Waals surface area contributed by atoms with Gasteiger partial charge in [0.05, 0.1) is 5.51 Å². The van der Waals surface area contributed by atoms with Gasteiger partial charge in [-0.3, -0.25) is 9.59 Å². The van der Waals surface area contributed by atoms with Gasteiger partial charge in [0.1, 0.15) is 5.69 Å². The maximum Gasteiger partial charge on any atom is 0.303 e. The summed E-state index contributed by atoms with van der Waals surface area (Å²) in [6.07, 6.45) is 1.63. The molecule has 2 N–H and O–H groups in total. The molecule has 19 heavy (non-hydrogen) atoms. The molecule has 0 aliphatic carbocycles. The minimum absolute atomic E-state index is 0.165. The Morgan fingerprint density at radius 2 is 2.16 bits per heavy atom. The van der Waals surface area contributed by atoms with Crippen LogP contribution in [0.2, 0.25) is 0 Å². The third-order valence-corrected chi connectivity index (χ3v) is 3.72. The van der Waals surface area contributed by atoms with Crippen molar-refractivity contribution >= 4 is 23.2 Å². The summed E-state index contributed by atoms with van der Waals surface area (Å²) < 4.78 is 0. The van der Waals surface area contributed by atoms with Crippen molar-refractivity contribution in [3.8, 4) is 0 Å². The number of hydrogen-bond donors (Lipinski definition) is 2. The number of aromatic nitrogens is 1. The molecule has 1 heterocycles. The molecule has 1 aromatic heterocycles. The fourth-order valence-corrected chi connectivity index (χ4v) is 2.44. The molecular formula is C13H20N2O3S. The van der Waals surface area contributed by atoms with Crippen LogP contribution in [0.1, 0.15) is 43.6 Å². The monoisotopic (exact) mass is 284 g/mol. The van der Waals surface area contributed by atoms with Gasteiger partial charge in [-0.25, -0.2) is 4.98 Å². The lowest BCUT2D eigenvalue weighted by Gasteiger charge is -2.20. The first-order chi connectivity index (χ1) is 9.00. The predicted molar refractivity (Wildman–Crippen MR) is 74.3 cm³/mol. The number of rotatable bonds is 8. The topological polar surface area (TPSA) is 79.3 Å². The number of nitrogens with one attached hydrogen (secondary N) is 1. The standard InChI is InChI=1S/C13H20N2O3S/c1-9(2)10(3-4-12(16)17)5-6-14-13(18)11-7-19-8-15-11/h7-10H,3-6H2,1-2H3,(H,14,18)(H,16,17). The molecule has 0 fully saturated rings. The zero-order valence-electron chi connectivity index (χ0n) is 11.3. The molecule has 0 aliphatic rings. The highest BCUT2D eigenvalue weighted by Gasteiger charge is 2.15. The highest BCUT2D eigenvalue weighted by Crippen LogP contribution is 2.20. The molecular weight excluding hydrogens is 264 g/mol. The largest absolute Gasteiger partial charge is 0.481 e. The van der Waals surface area contributed by atoms with Crippen molar-refractivity contribution in [2.45, 2.75) is 33.1 Å². The molecule has 1 unspecified atom stereocenters. The quantitative estimate of drug-likeness (QED) is 0.768. The van der Waals surface area contributed by atoms with E-state index in [2.05, 4.69) is 24.1 Å². The summed E-state index contributed by atoms with van der Waals surface area (Å²) in [5, 5.41) is 13.2. The van der Waals surface area contributed by atoms with Gasteiger partial charge in [0.25, 0.3) is 5.91 Å². The summed E-state index contributed by atoms with van der Waals surface area (Å²) in [4.78, 5) is 26.2. The first-order valence-corrected chi connectivity index (χ1v) is 7.33. The first kappa shape index (κ1) is 15.6. The highest BCUT2D eigenvalue weighted by molar-refractivity contribution is 7.07. The molecule has 0 spiro atoms. The number of carboxylic acids is 1. The molecule has 0 radical (unpaired) electrons. The van der Waals surface area contributed by atoms with Gasteiger partial charge in [-0.1, -0.05) is 13.8 Å². The third kappa shape index (κ3) is 5.83. The highest BCUT2D eigenvalue weighted by atomic mass is 32.1. The van der Waals surface area contributed by atoms with Crippen LogP contribution in [0.5, 0.6) is 0 Å². The van der Waals surface area contributed by atoms with Crippen LogP contribution in [0.4, 0.5) is 0 Å². The Kier molecular flexibility index (Phi) is 6.49. The summed E-state index contributed by atoms with van der Waals surface area (Å²) in [5.41, 5.74) is 2.07. The number of carbonyl (C=O) groups is 2. The van der Waals surface area contributed by atoms with E-state index in [0.717, 1.165) is 6.42 Å². The predicted octanol–water partition coefficient (Wildman–Crippen LogP) is 2.40. The summed E-state index contributed by atoms with van der Waals surface area (Å²) in [7, 11) is 0. The van der Waals surface area contributed by atoms with E-state index in [1.165, 1.54) is 11.3 Å². The zero-order chi connectivity index (χ0) is 14.3. The lowest BCUT2D eigenvalue weighted by molar-refractivity contribution is -0.137. The van der Waals surface area contributed by atoms with Crippen LogP contribution in [0, 0.1) is 11.8 Å². The van der Waals surface area contributed by atoms with Crippen LogP contribution in [-0.4, -0.2) is 28.5 Å². The molecule has 0 bridgehead atoms. The van der Waals surface area contributed by atoms with Crippen molar-refractivity contribution in [2.75, 3.05) is 6.54 Å². The molecule has 106 valence electrons. The van der Waals surface area contributed by atoms with Crippen LogP contribution in [0.3, 0.4) is 0 Å². The van der Waals surface area contributed by atoms with Crippen molar-refractivity contribution in [1.82, 2.24) is 10.3 Å². The van der Waals surface area contributed by atoms with Crippen LogP contribution in [0.25, 0.3) is 0 Å². The first-order valence-electron chi connectivity index (χ1n) is 6.39. The Morgan fingerprint density at radius 3 is 2.68 bits per heavy atom. The Bertz CT molecular complexity index is 404. The van der Waals surface area contributed by atoms with Crippen molar-refractivity contribution in [3.05, 3.63) is 16.6 Å². The smallest absolute Gasteiger partial charge is 0.303 e. The van der Waals surface area contributed by atoms with Crippen molar-refractivity contribution < 1.29 is 14.7 Å². The van der Waals surface area contributed by atoms with E-state index in [4.69, 9.17) is 5.11 Å². The Hall–Kier alpha value is -1.43. The van der Waals surface area contributed by atoms with Gasteiger partial charge in [0.15, 0.2) is 0 Å². The number of thiazole rings is 1. The lowest BCUT2D eigenvalue weighted by Crippen LogP contribution is -2.27. The molecule has 6 heteroatoms. The molecule has 1 amide bonds. The lowest BCUT2D eigenvalue weighted by atomic mass is 9.88. The van der Waals surface area contributed by atoms with Crippen molar-refractivity contribution in [2.24, 2.45) is 11.8 Å². The summed E-state index contributed by atoms with van der Waals surface area (Å²) in [6, 6.07) is 0. The molecule has 5 nitrogen and oxygen atoms in total. The summed E-state index contributed by atoms with van der Waals surface area (Å²) in [6.45, 7) is 4.71. The van der Waals surface area contributed by atoms with E-state index in [-0.39, 0.29) is 12.3 Å². The summed E-state index contributed by atoms with van der Waals surface area (Å²) >= 11 is 1.39. The van der Waals surface area contributed by atoms with Gasteiger partial charge in [-0.05, 0) is 24.7 Å². The SMILES string of the molecule is CC(C)C(CCNC(=O)c1cscn1)CCC(=O)O. The van der Waals surface area contributed by atoms with Crippen LogP contribution in [0.15, 0.2) is 10.9 Å². The second-order valence-electron chi connectivity index (χ2n) is 4.85. The third-order valence-electron chi connectivity index (χ3n) is 3.14. The fraction of sp³-hybridized carbons (Fsp3) is 0.615. The number of hydrogen-bond acceptors (Lipinski definition) is 4. The van der Waals surface area contributed by atoms with Crippen molar-refractivity contribution in [1.29, 1.82) is 0 Å². The van der Waals surface area contributed by atoms with E-state index >= 15 is 0 Å². The molecule has 1 atom stereocenters. The van der Waals surface area contributed by atoms with E-state index < -0.39 is 5.97 Å². The van der Waals surface area contributed by atoms with Crippen molar-refractivity contribution in [3.63, 3.8) is 0 Å². The van der Waals surface area contributed by atoms with Gasteiger partial charge >= 0.3 is 5.97 Å². The van der Waals surface area contributed by atoms with Gasteiger partial charge in [0, 0.05) is 18.3 Å². The average molecular weight is 284 g/mol. The van der Waals surface area contributed by atoms with Gasteiger partial charge in [0.2, 0.25) is 0 Å². The van der Waals surface area contributed by atoms with Crippen LogP contribution < -0.4 is 5.32 Å². The minimum atomic E-state index is -0.767. The Morgan fingerprint density at radius 1 is 1.42 bits per heavy atom. The molecule has 0 aliphatic heterocycles. The molecule has 1 rings (SSSR count). The maximum atomic E-state index is 11.7. The van der Waals surface area contributed by atoms with E-state index in [9.17, 15) is 9.59 Å². The number of carbonyl (C=O) groups excluding carboxylic acids is 1. The van der Waals surface area contributed by atoms with Crippen LogP contribution >= 0.6 is 11.3 Å². The van der Waals surface area contributed by atoms with E-state index in [1.807, 2.05) is 0 Å². The summed E-state index contributed by atoms with van der Waals surface area (Å²) in [5.74, 6) is -0.207. The number of aliphatic carboxylic acids is 1. The molecule has 0 aromatic carbocycles. The molecule has 0 saturated carbocycles. The van der Waals surface area contributed by atoms with Gasteiger partial charge in [-0.2, -0.15) is 0 Å². The Balaban J connectivity index is 2.32.